The molecule has 35 heavy (non-hydrogen) atoms. The van der Waals surface area contributed by atoms with E-state index in [1.54, 1.807) is 0 Å². The van der Waals surface area contributed by atoms with Crippen LogP contribution in [0, 0.1) is 6.92 Å². The first-order chi connectivity index (χ1) is 17.2. The normalized spacial score (nSPS) is 11.0. The van der Waals surface area contributed by atoms with E-state index in [9.17, 15) is 0 Å². The highest BCUT2D eigenvalue weighted by molar-refractivity contribution is 5.89. The number of hydrogen-bond donors (Lipinski definition) is 0. The maximum atomic E-state index is 4.96. The van der Waals surface area contributed by atoms with Gasteiger partial charge in [0.25, 0.3) is 0 Å². The van der Waals surface area contributed by atoms with Gasteiger partial charge in [0.1, 0.15) is 0 Å². The van der Waals surface area contributed by atoms with E-state index in [-0.39, 0.29) is 0 Å². The van der Waals surface area contributed by atoms with Gasteiger partial charge in [-0.2, -0.15) is 0 Å². The number of aryl methyl sites for hydroxylation is 1. The lowest BCUT2D eigenvalue weighted by Crippen LogP contribution is -2.00. The molecule has 0 aliphatic rings. The molecule has 0 spiro atoms. The largest absolute Gasteiger partial charge is 0.208 e. The molecule has 0 atom stereocenters. The molecule has 0 fully saturated rings. The molecule has 0 amide bonds. The smallest absolute Gasteiger partial charge is 0.164 e. The zero-order valence-corrected chi connectivity index (χ0v) is 19.4. The highest BCUT2D eigenvalue weighted by atomic mass is 15.0. The summed E-state index contributed by atoms with van der Waals surface area (Å²) in [7, 11) is 0. The topological polar surface area (TPSA) is 38.7 Å². The molecule has 0 bridgehead atoms. The van der Waals surface area contributed by atoms with Crippen LogP contribution in [-0.4, -0.2) is 15.0 Å². The van der Waals surface area contributed by atoms with E-state index < -0.39 is 0 Å². The molecule has 6 rings (SSSR count). The number of nitrogens with zero attached hydrogens (tertiary/aromatic N) is 3. The Balaban J connectivity index is 1.54. The second kappa shape index (κ2) is 8.96. The maximum absolute atomic E-state index is 4.96. The molecule has 0 N–H and O–H groups in total. The molecule has 166 valence electrons. The van der Waals surface area contributed by atoms with Gasteiger partial charge in [0.15, 0.2) is 17.5 Å². The van der Waals surface area contributed by atoms with Crippen molar-refractivity contribution < 1.29 is 0 Å². The van der Waals surface area contributed by atoms with Gasteiger partial charge in [0.2, 0.25) is 0 Å². The average Bonchev–Trinajstić information content (AvgIpc) is 2.94. The van der Waals surface area contributed by atoms with Crippen molar-refractivity contribution in [2.75, 3.05) is 0 Å². The van der Waals surface area contributed by atoms with E-state index in [1.807, 2.05) is 36.4 Å². The van der Waals surface area contributed by atoms with Crippen molar-refractivity contribution in [3.05, 3.63) is 127 Å². The van der Waals surface area contributed by atoms with Crippen LogP contribution in [0.15, 0.2) is 121 Å². The Morgan fingerprint density at radius 1 is 0.400 bits per heavy atom. The minimum absolute atomic E-state index is 0.664. The molecule has 0 unspecified atom stereocenters. The van der Waals surface area contributed by atoms with E-state index in [0.717, 1.165) is 27.8 Å². The van der Waals surface area contributed by atoms with Gasteiger partial charge in [-0.3, -0.25) is 0 Å². The Morgan fingerprint density at radius 3 is 1.69 bits per heavy atom. The Hall–Kier alpha value is -4.63. The highest BCUT2D eigenvalue weighted by Crippen LogP contribution is 2.30. The van der Waals surface area contributed by atoms with Crippen LogP contribution in [0.4, 0.5) is 0 Å². The van der Waals surface area contributed by atoms with Gasteiger partial charge in [0, 0.05) is 16.7 Å². The second-order valence-electron chi connectivity index (χ2n) is 8.63. The molecule has 0 saturated carbocycles. The molecule has 6 aromatic rings. The summed E-state index contributed by atoms with van der Waals surface area (Å²) in [5.74, 6) is 2.01. The van der Waals surface area contributed by atoms with E-state index in [2.05, 4.69) is 91.9 Å². The summed E-state index contributed by atoms with van der Waals surface area (Å²) in [6, 6.07) is 41.6. The monoisotopic (exact) mass is 449 g/mol. The number of fused-ring (bicyclic) bond motifs is 1. The first-order valence-electron chi connectivity index (χ1n) is 11.7. The lowest BCUT2D eigenvalue weighted by molar-refractivity contribution is 1.07. The third-order valence-electron chi connectivity index (χ3n) is 6.22. The van der Waals surface area contributed by atoms with Crippen molar-refractivity contribution in [3.8, 4) is 45.3 Å². The van der Waals surface area contributed by atoms with Crippen LogP contribution in [0.3, 0.4) is 0 Å². The Morgan fingerprint density at radius 2 is 0.943 bits per heavy atom. The second-order valence-corrected chi connectivity index (χ2v) is 8.63. The number of benzene rings is 5. The van der Waals surface area contributed by atoms with Gasteiger partial charge in [-0.15, -0.1) is 0 Å². The van der Waals surface area contributed by atoms with Crippen LogP contribution in [0.5, 0.6) is 0 Å². The third kappa shape index (κ3) is 4.20. The van der Waals surface area contributed by atoms with Gasteiger partial charge in [-0.25, -0.2) is 15.0 Å². The van der Waals surface area contributed by atoms with Crippen molar-refractivity contribution in [2.24, 2.45) is 0 Å². The lowest BCUT2D eigenvalue weighted by Gasteiger charge is -2.11. The van der Waals surface area contributed by atoms with Gasteiger partial charge in [0.05, 0.1) is 0 Å². The summed E-state index contributed by atoms with van der Waals surface area (Å²) < 4.78 is 0. The Bertz CT molecular complexity index is 1640. The summed E-state index contributed by atoms with van der Waals surface area (Å²) in [5.41, 5.74) is 6.41. The van der Waals surface area contributed by atoms with E-state index >= 15 is 0 Å². The van der Waals surface area contributed by atoms with Gasteiger partial charge < -0.3 is 0 Å². The van der Waals surface area contributed by atoms with Crippen LogP contribution >= 0.6 is 0 Å². The zero-order valence-electron chi connectivity index (χ0n) is 19.4. The SMILES string of the molecule is Cc1cc(-c2nc(-c3ccccc3)nc(-c3cccc(-c4ccccc4)c3)n2)cc2ccccc12. The molecule has 0 aliphatic heterocycles. The summed E-state index contributed by atoms with van der Waals surface area (Å²) in [6.45, 7) is 2.13. The Labute approximate surface area is 204 Å². The predicted molar refractivity (Wildman–Crippen MR) is 144 cm³/mol. The van der Waals surface area contributed by atoms with E-state index in [0.29, 0.717) is 17.5 Å². The van der Waals surface area contributed by atoms with Crippen LogP contribution in [0.25, 0.3) is 56.1 Å². The van der Waals surface area contributed by atoms with E-state index in [1.165, 1.54) is 16.3 Å². The maximum Gasteiger partial charge on any atom is 0.164 e. The molecule has 5 aromatic carbocycles. The van der Waals surface area contributed by atoms with Gasteiger partial charge >= 0.3 is 0 Å². The first kappa shape index (κ1) is 20.9. The summed E-state index contributed by atoms with van der Waals surface area (Å²) in [5, 5.41) is 2.42. The fourth-order valence-corrected chi connectivity index (χ4v) is 4.45. The molecular formula is C32H23N3. The van der Waals surface area contributed by atoms with Crippen molar-refractivity contribution in [2.45, 2.75) is 6.92 Å². The number of hydrogen-bond acceptors (Lipinski definition) is 3. The minimum Gasteiger partial charge on any atom is -0.208 e. The van der Waals surface area contributed by atoms with Gasteiger partial charge in [-0.05, 0) is 52.6 Å². The number of aromatic nitrogens is 3. The summed E-state index contributed by atoms with van der Waals surface area (Å²) >= 11 is 0. The third-order valence-corrected chi connectivity index (χ3v) is 6.22. The molecule has 0 radical (unpaired) electrons. The summed E-state index contributed by atoms with van der Waals surface area (Å²) in [4.78, 5) is 14.8. The minimum atomic E-state index is 0.664. The molecule has 3 nitrogen and oxygen atoms in total. The Kier molecular flexibility index (Phi) is 5.36. The standard InChI is InChI=1S/C32H23N3/c1-22-19-28(21-26-15-8-9-18-29(22)26)32-34-30(24-13-6-3-7-14-24)33-31(35-32)27-17-10-16-25(20-27)23-11-4-2-5-12-23/h2-21H,1H3. The first-order valence-corrected chi connectivity index (χ1v) is 11.7. The zero-order chi connectivity index (χ0) is 23.6. The fraction of sp³-hybridized carbons (Fsp3) is 0.0312. The molecule has 0 aliphatic carbocycles. The van der Waals surface area contributed by atoms with Crippen molar-refractivity contribution in [1.82, 2.24) is 15.0 Å². The predicted octanol–water partition coefficient (Wildman–Crippen LogP) is 8.00. The van der Waals surface area contributed by atoms with E-state index in [4.69, 9.17) is 15.0 Å². The molecular weight excluding hydrogens is 426 g/mol. The quantitative estimate of drug-likeness (QED) is 0.274. The highest BCUT2D eigenvalue weighted by Gasteiger charge is 2.14. The van der Waals surface area contributed by atoms with Crippen molar-refractivity contribution in [1.29, 1.82) is 0 Å². The average molecular weight is 450 g/mol. The lowest BCUT2D eigenvalue weighted by atomic mass is 10.0. The van der Waals surface area contributed by atoms with Gasteiger partial charge in [-0.1, -0.05) is 103 Å². The van der Waals surface area contributed by atoms with Crippen molar-refractivity contribution >= 4 is 10.8 Å². The molecule has 0 saturated heterocycles. The van der Waals surface area contributed by atoms with Crippen LogP contribution < -0.4 is 0 Å². The number of rotatable bonds is 4. The molecule has 1 heterocycles. The molecule has 1 aromatic heterocycles. The molecule has 3 heteroatoms. The van der Waals surface area contributed by atoms with Crippen LogP contribution in [0.2, 0.25) is 0 Å². The fourth-order valence-electron chi connectivity index (χ4n) is 4.45. The van der Waals surface area contributed by atoms with Crippen molar-refractivity contribution in [3.63, 3.8) is 0 Å². The van der Waals surface area contributed by atoms with Crippen LogP contribution in [0.1, 0.15) is 5.56 Å². The van der Waals surface area contributed by atoms with Crippen LogP contribution in [-0.2, 0) is 0 Å². The summed E-state index contributed by atoms with van der Waals surface area (Å²) in [6.07, 6.45) is 0.